The van der Waals surface area contributed by atoms with Crippen LogP contribution in [0.2, 0.25) is 0 Å². The van der Waals surface area contributed by atoms with Crippen LogP contribution in [0, 0.1) is 0 Å². The number of likely N-dealkylation sites (N-methyl/N-ethyl adjacent to an activating group) is 1. The predicted octanol–water partition coefficient (Wildman–Crippen LogP) is 2.93. The minimum absolute atomic E-state index is 0.0603. The van der Waals surface area contributed by atoms with Gasteiger partial charge < -0.3 is 24.0 Å². The van der Waals surface area contributed by atoms with Crippen molar-refractivity contribution in [3.63, 3.8) is 0 Å². The van der Waals surface area contributed by atoms with Crippen LogP contribution in [0.15, 0.2) is 0 Å². The van der Waals surface area contributed by atoms with Crippen LogP contribution in [-0.2, 0) is 14.3 Å². The van der Waals surface area contributed by atoms with Crippen LogP contribution in [0.3, 0.4) is 0 Å². The lowest BCUT2D eigenvalue weighted by molar-refractivity contribution is -0.873. The van der Waals surface area contributed by atoms with E-state index in [-0.39, 0.29) is 17.0 Å². The molecule has 0 aliphatic heterocycles. The summed E-state index contributed by atoms with van der Waals surface area (Å²) in [5, 5.41) is 9.94. The van der Waals surface area contributed by atoms with Crippen LogP contribution in [0.1, 0.15) is 61.3 Å². The van der Waals surface area contributed by atoms with Gasteiger partial charge in [0.05, 0.1) is 33.4 Å². The van der Waals surface area contributed by atoms with Crippen LogP contribution < -0.4 is 0 Å². The third kappa shape index (κ3) is 15.0. The molecule has 0 aliphatic rings. The first-order valence-corrected chi connectivity index (χ1v) is 10.1. The van der Waals surface area contributed by atoms with Crippen LogP contribution >= 0.6 is 0 Å². The molecule has 0 radical (unpaired) electrons. The topological polar surface area (TPSA) is 59.0 Å². The molecule has 1 atom stereocenters. The number of ether oxygens (including phenoxy) is 2. The van der Waals surface area contributed by atoms with E-state index >= 15 is 0 Å². The average Bonchev–Trinajstić information content (AvgIpc) is 2.50. The number of amides is 1. The number of hydrogen-bond acceptors (Lipinski definition) is 4. The smallest absolute Gasteiger partial charge is 0.219 e. The first-order valence-electron chi connectivity index (χ1n) is 10.1. The van der Waals surface area contributed by atoms with E-state index in [1.807, 2.05) is 69.7 Å². The Hall–Kier alpha value is -0.690. The Morgan fingerprint density at radius 2 is 1.59 bits per heavy atom. The van der Waals surface area contributed by atoms with E-state index < -0.39 is 6.10 Å². The van der Waals surface area contributed by atoms with E-state index in [1.165, 1.54) is 0 Å². The van der Waals surface area contributed by atoms with Gasteiger partial charge in [-0.1, -0.05) is 13.8 Å². The van der Waals surface area contributed by atoms with Crippen molar-refractivity contribution in [2.24, 2.45) is 0 Å². The molecule has 0 heterocycles. The van der Waals surface area contributed by atoms with Gasteiger partial charge in [-0.3, -0.25) is 4.79 Å². The highest BCUT2D eigenvalue weighted by Crippen LogP contribution is 2.21. The van der Waals surface area contributed by atoms with Gasteiger partial charge in [0.15, 0.2) is 0 Å². The number of nitrogens with zero attached hydrogens (tertiary/aromatic N) is 2. The summed E-state index contributed by atoms with van der Waals surface area (Å²) < 4.78 is 12.3. The van der Waals surface area contributed by atoms with Gasteiger partial charge in [0, 0.05) is 32.7 Å². The Labute approximate surface area is 168 Å². The monoisotopic (exact) mass is 391 g/mol. The second-order valence-electron chi connectivity index (χ2n) is 9.20. The Kier molecular flexibility index (Phi) is 13.4. The zero-order valence-electron chi connectivity index (χ0n) is 19.9. The first kappa shape index (κ1) is 28.5. The molecule has 164 valence electrons. The number of rotatable bonds is 12. The molecular weight excluding hydrogens is 344 g/mol. The summed E-state index contributed by atoms with van der Waals surface area (Å²) in [6.07, 6.45) is 1.08. The molecule has 0 spiro atoms. The zero-order chi connectivity index (χ0) is 21.9. The van der Waals surface area contributed by atoms with Crippen molar-refractivity contribution in [2.45, 2.75) is 78.6 Å². The second-order valence-corrected chi connectivity index (χ2v) is 9.20. The molecule has 0 bridgehead atoms. The highest BCUT2D eigenvalue weighted by atomic mass is 16.5. The fourth-order valence-electron chi connectivity index (χ4n) is 2.47. The van der Waals surface area contributed by atoms with Crippen LogP contribution in [0.25, 0.3) is 0 Å². The maximum atomic E-state index is 11.5. The van der Waals surface area contributed by atoms with Gasteiger partial charge in [-0.25, -0.2) is 0 Å². The lowest BCUT2D eigenvalue weighted by Gasteiger charge is -2.36. The van der Waals surface area contributed by atoms with Crippen molar-refractivity contribution in [3.05, 3.63) is 0 Å². The molecule has 0 aromatic carbocycles. The second kappa shape index (κ2) is 12.7. The minimum atomic E-state index is -0.452. The Bertz CT molecular complexity index is 403. The minimum Gasteiger partial charge on any atom is -0.385 e. The molecule has 6 nitrogen and oxygen atoms in total. The molecule has 27 heavy (non-hydrogen) atoms. The van der Waals surface area contributed by atoms with Gasteiger partial charge in [-0.05, 0) is 40.5 Å². The summed E-state index contributed by atoms with van der Waals surface area (Å²) in [6, 6.07) is 0. The Morgan fingerprint density at radius 3 is 2.04 bits per heavy atom. The molecule has 1 unspecified atom stereocenters. The quantitative estimate of drug-likeness (QED) is 0.410. The van der Waals surface area contributed by atoms with E-state index in [2.05, 4.69) is 0 Å². The molecule has 1 N–H and O–H groups in total. The summed E-state index contributed by atoms with van der Waals surface area (Å²) in [6.45, 7) is 15.9. The third-order valence-corrected chi connectivity index (χ3v) is 4.50. The van der Waals surface area contributed by atoms with E-state index in [0.717, 1.165) is 12.8 Å². The molecule has 0 saturated heterocycles. The van der Waals surface area contributed by atoms with E-state index in [0.29, 0.717) is 30.8 Å². The summed E-state index contributed by atoms with van der Waals surface area (Å²) in [7, 11) is 7.96. The summed E-state index contributed by atoms with van der Waals surface area (Å²) >= 11 is 0. The lowest BCUT2D eigenvalue weighted by Crippen LogP contribution is -2.45. The number of hydrogen-bond donors (Lipinski definition) is 1. The lowest BCUT2D eigenvalue weighted by atomic mass is 9.98. The van der Waals surface area contributed by atoms with Crippen LogP contribution in [-0.4, -0.2) is 92.2 Å². The average molecular weight is 392 g/mol. The zero-order valence-corrected chi connectivity index (χ0v) is 19.9. The molecule has 1 amide bonds. The highest BCUT2D eigenvalue weighted by molar-refractivity contribution is 5.73. The van der Waals surface area contributed by atoms with E-state index in [1.54, 1.807) is 11.8 Å². The first-order chi connectivity index (χ1) is 12.2. The van der Waals surface area contributed by atoms with Gasteiger partial charge in [-0.2, -0.15) is 0 Å². The predicted molar refractivity (Wildman–Crippen MR) is 113 cm³/mol. The summed E-state index contributed by atoms with van der Waals surface area (Å²) in [5.41, 5.74) is -0.524. The van der Waals surface area contributed by atoms with Gasteiger partial charge >= 0.3 is 0 Å². The Morgan fingerprint density at radius 1 is 1.07 bits per heavy atom. The molecule has 0 saturated carbocycles. The number of aliphatic hydroxyl groups is 1. The van der Waals surface area contributed by atoms with Crippen molar-refractivity contribution in [1.82, 2.24) is 4.90 Å². The standard InChI is InChI=1S/C19H41N2O4.C2H6/c1-16(22)20(6)18(2,3)10-13-25-19(4,5)11-12-24-15-17(23)14-21(7,8)9;1-2/h17,23H,10-15H2,1-9H3;1-2H3/q+1;. The normalized spacial score (nSPS) is 13.6. The number of quaternary nitrogens is 1. The van der Waals surface area contributed by atoms with Crippen molar-refractivity contribution in [3.8, 4) is 0 Å². The molecule has 0 aromatic rings. The molecule has 0 fully saturated rings. The summed E-state index contributed by atoms with van der Waals surface area (Å²) in [4.78, 5) is 13.3. The third-order valence-electron chi connectivity index (χ3n) is 4.50. The fraction of sp³-hybridized carbons (Fsp3) is 0.952. The number of aliphatic hydroxyl groups excluding tert-OH is 1. The highest BCUT2D eigenvalue weighted by Gasteiger charge is 2.27. The molecule has 0 aromatic heterocycles. The van der Waals surface area contributed by atoms with Crippen molar-refractivity contribution in [2.75, 3.05) is 54.6 Å². The van der Waals surface area contributed by atoms with Crippen molar-refractivity contribution < 1.29 is 23.9 Å². The van der Waals surface area contributed by atoms with Gasteiger partial charge in [0.2, 0.25) is 5.91 Å². The van der Waals surface area contributed by atoms with Crippen LogP contribution in [0.4, 0.5) is 0 Å². The SMILES string of the molecule is CC.CC(=O)N(C)C(C)(C)CCOC(C)(C)CCOCC(O)C[N+](C)(C)C. The van der Waals surface area contributed by atoms with Gasteiger partial charge in [-0.15, -0.1) is 0 Å². The fourth-order valence-corrected chi connectivity index (χ4v) is 2.47. The van der Waals surface area contributed by atoms with Gasteiger partial charge in [0.25, 0.3) is 0 Å². The maximum absolute atomic E-state index is 11.5. The number of carbonyl (C=O) groups excluding carboxylic acids is 1. The molecular formula is C21H47N2O4+. The van der Waals surface area contributed by atoms with Gasteiger partial charge in [0.1, 0.15) is 12.6 Å². The van der Waals surface area contributed by atoms with Crippen molar-refractivity contribution in [1.29, 1.82) is 0 Å². The molecule has 0 aliphatic carbocycles. The maximum Gasteiger partial charge on any atom is 0.219 e. The Balaban J connectivity index is 0. The number of carbonyl (C=O) groups is 1. The molecule has 0 rings (SSSR count). The van der Waals surface area contributed by atoms with Crippen LogP contribution in [0.5, 0.6) is 0 Å². The van der Waals surface area contributed by atoms with Crippen molar-refractivity contribution >= 4 is 5.91 Å². The summed E-state index contributed by atoms with van der Waals surface area (Å²) in [5.74, 6) is 0.0603. The molecule has 6 heteroatoms. The van der Waals surface area contributed by atoms with E-state index in [4.69, 9.17) is 9.47 Å². The largest absolute Gasteiger partial charge is 0.385 e. The van der Waals surface area contributed by atoms with E-state index in [9.17, 15) is 9.90 Å².